The Morgan fingerprint density at radius 1 is 1.35 bits per heavy atom. The van der Waals surface area contributed by atoms with Crippen molar-refractivity contribution in [3.8, 4) is 0 Å². The Bertz CT molecular complexity index is 664. The van der Waals surface area contributed by atoms with Crippen molar-refractivity contribution < 1.29 is 14.5 Å². The van der Waals surface area contributed by atoms with Gasteiger partial charge in [0, 0.05) is 37.3 Å². The van der Waals surface area contributed by atoms with E-state index in [-0.39, 0.29) is 22.4 Å². The molecule has 6 nitrogen and oxygen atoms in total. The Kier molecular flexibility index (Phi) is 6.39. The fourth-order valence-electron chi connectivity index (χ4n) is 3.34. The number of nitro benzene ring substituents is 1. The highest BCUT2D eigenvalue weighted by Crippen LogP contribution is 2.36. The van der Waals surface area contributed by atoms with Crippen molar-refractivity contribution in [3.63, 3.8) is 0 Å². The lowest BCUT2D eigenvalue weighted by molar-refractivity contribution is -0.384. The Morgan fingerprint density at radius 2 is 1.96 bits per heavy atom. The predicted octanol–water partition coefficient (Wildman–Crippen LogP) is 4.10. The number of carbonyl (C=O) groups excluding carboxylic acids is 1. The SMILES string of the molecule is CC(=O)C(C)(C)c1ccc(N(CC(C)C)C2CCOCC2)c([N+](=O)[O-])c1. The Hall–Kier alpha value is -1.95. The molecule has 1 aromatic rings. The highest BCUT2D eigenvalue weighted by molar-refractivity contribution is 5.87. The van der Waals surface area contributed by atoms with E-state index in [0.29, 0.717) is 30.4 Å². The number of carbonyl (C=O) groups is 1. The number of benzene rings is 1. The lowest BCUT2D eigenvalue weighted by Crippen LogP contribution is -2.42. The molecule has 0 N–H and O–H groups in total. The molecule has 0 spiro atoms. The van der Waals surface area contributed by atoms with Crippen molar-refractivity contribution in [2.24, 2.45) is 5.92 Å². The summed E-state index contributed by atoms with van der Waals surface area (Å²) in [7, 11) is 0. The van der Waals surface area contributed by atoms with Gasteiger partial charge in [-0.15, -0.1) is 0 Å². The molecular weight excluding hydrogens is 332 g/mol. The van der Waals surface area contributed by atoms with Crippen LogP contribution < -0.4 is 4.90 Å². The molecule has 0 bridgehead atoms. The van der Waals surface area contributed by atoms with Crippen LogP contribution in [0.25, 0.3) is 0 Å². The maximum absolute atomic E-state index is 12.0. The molecule has 0 atom stereocenters. The highest BCUT2D eigenvalue weighted by atomic mass is 16.6. The summed E-state index contributed by atoms with van der Waals surface area (Å²) in [5.74, 6) is 0.369. The Balaban J connectivity index is 2.50. The minimum atomic E-state index is -0.745. The number of ketones is 1. The molecule has 2 rings (SSSR count). The minimum Gasteiger partial charge on any atom is -0.381 e. The highest BCUT2D eigenvalue weighted by Gasteiger charge is 2.32. The van der Waals surface area contributed by atoms with E-state index < -0.39 is 5.41 Å². The van der Waals surface area contributed by atoms with Gasteiger partial charge in [0.1, 0.15) is 11.5 Å². The summed E-state index contributed by atoms with van der Waals surface area (Å²) < 4.78 is 5.46. The van der Waals surface area contributed by atoms with Crippen molar-refractivity contribution in [2.45, 2.75) is 58.9 Å². The molecule has 144 valence electrons. The largest absolute Gasteiger partial charge is 0.381 e. The van der Waals surface area contributed by atoms with Crippen LogP contribution in [-0.4, -0.2) is 36.5 Å². The number of hydrogen-bond acceptors (Lipinski definition) is 5. The summed E-state index contributed by atoms with van der Waals surface area (Å²) in [5.41, 5.74) is 0.643. The van der Waals surface area contributed by atoms with Crippen molar-refractivity contribution in [1.29, 1.82) is 0 Å². The molecule has 1 fully saturated rings. The molecule has 0 amide bonds. The molecule has 1 aliphatic rings. The second kappa shape index (κ2) is 8.16. The third-order valence-corrected chi connectivity index (χ3v) is 5.28. The van der Waals surface area contributed by atoms with Gasteiger partial charge in [-0.25, -0.2) is 0 Å². The van der Waals surface area contributed by atoms with E-state index >= 15 is 0 Å². The number of rotatable bonds is 7. The molecule has 6 heteroatoms. The molecule has 0 aliphatic carbocycles. The first-order valence-corrected chi connectivity index (χ1v) is 9.29. The number of hydrogen-bond donors (Lipinski definition) is 0. The molecule has 1 heterocycles. The van der Waals surface area contributed by atoms with Crippen LogP contribution in [0.3, 0.4) is 0 Å². The van der Waals surface area contributed by atoms with Gasteiger partial charge < -0.3 is 9.64 Å². The normalized spacial score (nSPS) is 15.9. The minimum absolute atomic E-state index is 0.0111. The lowest BCUT2D eigenvalue weighted by Gasteiger charge is -2.37. The van der Waals surface area contributed by atoms with E-state index in [1.165, 1.54) is 6.92 Å². The third-order valence-electron chi connectivity index (χ3n) is 5.28. The second-order valence-corrected chi connectivity index (χ2v) is 8.03. The fraction of sp³-hybridized carbons (Fsp3) is 0.650. The summed E-state index contributed by atoms with van der Waals surface area (Å²) >= 11 is 0. The first-order chi connectivity index (χ1) is 12.1. The van der Waals surface area contributed by atoms with Crippen molar-refractivity contribution >= 4 is 17.2 Å². The zero-order chi connectivity index (χ0) is 19.5. The molecule has 0 unspecified atom stereocenters. The van der Waals surface area contributed by atoms with Gasteiger partial charge in [0.15, 0.2) is 0 Å². The van der Waals surface area contributed by atoms with Crippen LogP contribution >= 0.6 is 0 Å². The average Bonchev–Trinajstić information content (AvgIpc) is 2.59. The number of Topliss-reactive ketones (excluding diaryl/α,β-unsaturated/α-hetero) is 1. The zero-order valence-corrected chi connectivity index (χ0v) is 16.4. The van der Waals surface area contributed by atoms with Gasteiger partial charge in [0.05, 0.1) is 4.92 Å². The van der Waals surface area contributed by atoms with Gasteiger partial charge in [-0.3, -0.25) is 14.9 Å². The van der Waals surface area contributed by atoms with Crippen LogP contribution in [-0.2, 0) is 14.9 Å². The molecule has 26 heavy (non-hydrogen) atoms. The summed E-state index contributed by atoms with van der Waals surface area (Å²) in [6, 6.07) is 5.48. The van der Waals surface area contributed by atoms with Crippen LogP contribution in [0.5, 0.6) is 0 Å². The van der Waals surface area contributed by atoms with Crippen LogP contribution in [0.4, 0.5) is 11.4 Å². The monoisotopic (exact) mass is 362 g/mol. The van der Waals surface area contributed by atoms with Crippen molar-refractivity contribution in [3.05, 3.63) is 33.9 Å². The molecular formula is C20H30N2O4. The van der Waals surface area contributed by atoms with Crippen LogP contribution in [0.1, 0.15) is 53.0 Å². The van der Waals surface area contributed by atoms with Gasteiger partial charge >= 0.3 is 0 Å². The summed E-state index contributed by atoms with van der Waals surface area (Å²) in [6.07, 6.45) is 1.73. The summed E-state index contributed by atoms with van der Waals surface area (Å²) in [5, 5.41) is 11.8. The smallest absolute Gasteiger partial charge is 0.292 e. The number of nitrogens with zero attached hydrogens (tertiary/aromatic N) is 2. The van der Waals surface area contributed by atoms with Gasteiger partial charge in [-0.1, -0.05) is 19.9 Å². The molecule has 1 aliphatic heterocycles. The van der Waals surface area contributed by atoms with E-state index in [1.807, 2.05) is 12.1 Å². The number of ether oxygens (including phenoxy) is 1. The standard InChI is InChI=1S/C20H30N2O4/c1-14(2)13-21(17-8-10-26-11-9-17)18-7-6-16(12-19(18)22(24)25)20(4,5)15(3)23/h6-7,12,14,17H,8-11,13H2,1-5H3. The predicted molar refractivity (Wildman–Crippen MR) is 103 cm³/mol. The van der Waals surface area contributed by atoms with E-state index in [4.69, 9.17) is 4.74 Å². The maximum atomic E-state index is 12.0. The van der Waals surface area contributed by atoms with Gasteiger partial charge in [0.2, 0.25) is 0 Å². The number of anilines is 1. The first kappa shape index (κ1) is 20.4. The van der Waals surface area contributed by atoms with Crippen molar-refractivity contribution in [1.82, 2.24) is 0 Å². The second-order valence-electron chi connectivity index (χ2n) is 8.03. The van der Waals surface area contributed by atoms with Gasteiger partial charge in [0.25, 0.3) is 5.69 Å². The van der Waals surface area contributed by atoms with Crippen LogP contribution in [0.2, 0.25) is 0 Å². The lowest BCUT2D eigenvalue weighted by atomic mass is 9.81. The zero-order valence-electron chi connectivity index (χ0n) is 16.4. The Morgan fingerprint density at radius 3 is 2.46 bits per heavy atom. The van der Waals surface area contributed by atoms with Crippen LogP contribution in [0, 0.1) is 16.0 Å². The summed E-state index contributed by atoms with van der Waals surface area (Å²) in [4.78, 5) is 25.6. The topological polar surface area (TPSA) is 72.7 Å². The number of nitro groups is 1. The van der Waals surface area contributed by atoms with Crippen molar-refractivity contribution in [2.75, 3.05) is 24.7 Å². The molecule has 1 saturated heterocycles. The molecule has 0 saturated carbocycles. The molecule has 1 aromatic carbocycles. The van der Waals surface area contributed by atoms with Gasteiger partial charge in [-0.2, -0.15) is 0 Å². The van der Waals surface area contributed by atoms with Gasteiger partial charge in [-0.05, 0) is 51.2 Å². The van der Waals surface area contributed by atoms with E-state index in [9.17, 15) is 14.9 Å². The quantitative estimate of drug-likeness (QED) is 0.539. The van der Waals surface area contributed by atoms with Crippen LogP contribution in [0.15, 0.2) is 18.2 Å². The maximum Gasteiger partial charge on any atom is 0.292 e. The van der Waals surface area contributed by atoms with E-state index in [2.05, 4.69) is 18.7 Å². The van der Waals surface area contributed by atoms with E-state index in [0.717, 1.165) is 19.4 Å². The summed E-state index contributed by atoms with van der Waals surface area (Å²) in [6.45, 7) is 11.5. The average molecular weight is 362 g/mol. The first-order valence-electron chi connectivity index (χ1n) is 9.29. The Labute approximate surface area is 155 Å². The van der Waals surface area contributed by atoms with E-state index in [1.54, 1.807) is 19.9 Å². The fourth-order valence-corrected chi connectivity index (χ4v) is 3.34. The molecule has 0 aromatic heterocycles. The third kappa shape index (κ3) is 4.41. The molecule has 0 radical (unpaired) electrons.